The zero-order valence-corrected chi connectivity index (χ0v) is 15.3. The number of hydrogen-bond acceptors (Lipinski definition) is 7. The fraction of sp³-hybridized carbons (Fsp3) is 0.158. The number of non-ortho nitro benzene ring substituents is 1. The molecular formula is C19H16N4O6. The topological polar surface area (TPSA) is 133 Å². The third-order valence-electron chi connectivity index (χ3n) is 4.03. The summed E-state index contributed by atoms with van der Waals surface area (Å²) in [6.45, 7) is 0.942. The first kappa shape index (κ1) is 19.7. The van der Waals surface area contributed by atoms with E-state index in [0.717, 1.165) is 4.57 Å². The Morgan fingerprint density at radius 2 is 2.00 bits per heavy atom. The number of nitro groups is 1. The molecule has 0 saturated heterocycles. The molecule has 29 heavy (non-hydrogen) atoms. The number of esters is 1. The zero-order chi connectivity index (χ0) is 21.0. The number of amides is 1. The van der Waals surface area contributed by atoms with Crippen molar-refractivity contribution < 1.29 is 19.2 Å². The van der Waals surface area contributed by atoms with Gasteiger partial charge in [-0.1, -0.05) is 18.2 Å². The number of benzene rings is 2. The molecule has 3 aromatic rings. The number of nitrogens with one attached hydrogen (secondary N) is 1. The number of carbonyl (C=O) groups is 2. The summed E-state index contributed by atoms with van der Waals surface area (Å²) in [7, 11) is 0. The molecular weight excluding hydrogens is 380 g/mol. The van der Waals surface area contributed by atoms with Crippen LogP contribution in [0.15, 0.2) is 59.7 Å². The molecule has 3 rings (SSSR count). The SMILES string of the molecule is C[C@H](OC(=O)Cn1cnc2ccccc2c1=O)C(=O)Nc1cccc([N+](=O)[O-])c1. The summed E-state index contributed by atoms with van der Waals surface area (Å²) in [5.41, 5.74) is 0.116. The molecule has 148 valence electrons. The van der Waals surface area contributed by atoms with E-state index in [1.54, 1.807) is 24.3 Å². The van der Waals surface area contributed by atoms with Crippen molar-refractivity contribution >= 4 is 34.2 Å². The highest BCUT2D eigenvalue weighted by Crippen LogP contribution is 2.17. The van der Waals surface area contributed by atoms with Crippen LogP contribution in [0.4, 0.5) is 11.4 Å². The fourth-order valence-corrected chi connectivity index (χ4v) is 2.59. The van der Waals surface area contributed by atoms with E-state index in [4.69, 9.17) is 4.74 Å². The highest BCUT2D eigenvalue weighted by Gasteiger charge is 2.19. The van der Waals surface area contributed by atoms with Crippen molar-refractivity contribution in [3.8, 4) is 0 Å². The Morgan fingerprint density at radius 1 is 1.24 bits per heavy atom. The number of anilines is 1. The highest BCUT2D eigenvalue weighted by molar-refractivity contribution is 5.95. The number of fused-ring (bicyclic) bond motifs is 1. The van der Waals surface area contributed by atoms with E-state index in [1.807, 2.05) is 0 Å². The van der Waals surface area contributed by atoms with Gasteiger partial charge in [-0.15, -0.1) is 0 Å². The second-order valence-corrected chi connectivity index (χ2v) is 6.12. The quantitative estimate of drug-likeness (QED) is 0.382. The summed E-state index contributed by atoms with van der Waals surface area (Å²) in [4.78, 5) is 51.0. The minimum Gasteiger partial charge on any atom is -0.451 e. The van der Waals surface area contributed by atoms with Crippen LogP contribution in [-0.2, 0) is 20.9 Å². The monoisotopic (exact) mass is 396 g/mol. The second kappa shape index (κ2) is 8.30. The molecule has 1 aromatic heterocycles. The van der Waals surface area contributed by atoms with E-state index in [-0.39, 0.29) is 11.4 Å². The number of para-hydroxylation sites is 1. The molecule has 0 bridgehead atoms. The average molecular weight is 396 g/mol. The van der Waals surface area contributed by atoms with Crippen LogP contribution in [0.3, 0.4) is 0 Å². The van der Waals surface area contributed by atoms with Crippen LogP contribution in [0.2, 0.25) is 0 Å². The minimum absolute atomic E-state index is 0.185. The number of nitrogens with zero attached hydrogens (tertiary/aromatic N) is 3. The maximum Gasteiger partial charge on any atom is 0.326 e. The van der Waals surface area contributed by atoms with Crippen LogP contribution < -0.4 is 10.9 Å². The van der Waals surface area contributed by atoms with Crippen LogP contribution in [0.1, 0.15) is 6.92 Å². The lowest BCUT2D eigenvalue weighted by Crippen LogP contribution is -2.33. The lowest BCUT2D eigenvalue weighted by molar-refractivity contribution is -0.384. The first-order chi connectivity index (χ1) is 13.8. The average Bonchev–Trinajstić information content (AvgIpc) is 2.70. The van der Waals surface area contributed by atoms with Gasteiger partial charge in [-0.2, -0.15) is 0 Å². The van der Waals surface area contributed by atoms with Crippen molar-refractivity contribution in [3.05, 3.63) is 75.3 Å². The van der Waals surface area contributed by atoms with Crippen molar-refractivity contribution in [2.45, 2.75) is 19.6 Å². The van der Waals surface area contributed by atoms with Crippen LogP contribution in [0, 0.1) is 10.1 Å². The van der Waals surface area contributed by atoms with E-state index in [9.17, 15) is 24.5 Å². The van der Waals surface area contributed by atoms with E-state index >= 15 is 0 Å². The molecule has 1 atom stereocenters. The molecule has 1 N–H and O–H groups in total. The van der Waals surface area contributed by atoms with E-state index in [2.05, 4.69) is 10.3 Å². The standard InChI is InChI=1S/C19H16N4O6/c1-12(18(25)21-13-5-4-6-14(9-13)23(27)28)29-17(24)10-22-11-20-16-8-3-2-7-15(16)19(22)26/h2-9,11-12H,10H2,1H3,(H,21,25)/t12-/m0/s1. The number of hydrogen-bond donors (Lipinski definition) is 1. The molecule has 0 spiro atoms. The minimum atomic E-state index is -1.18. The molecule has 0 saturated carbocycles. The van der Waals surface area contributed by atoms with Gasteiger partial charge in [0.2, 0.25) is 0 Å². The Kier molecular flexibility index (Phi) is 5.63. The van der Waals surface area contributed by atoms with Crippen LogP contribution in [0.5, 0.6) is 0 Å². The predicted molar refractivity (Wildman–Crippen MR) is 103 cm³/mol. The Bertz CT molecular complexity index is 1160. The molecule has 0 aliphatic heterocycles. The molecule has 0 unspecified atom stereocenters. The van der Waals surface area contributed by atoms with Crippen molar-refractivity contribution in [2.75, 3.05) is 5.32 Å². The Hall–Kier alpha value is -4.08. The van der Waals surface area contributed by atoms with Crippen LogP contribution >= 0.6 is 0 Å². The number of nitro benzene ring substituents is 1. The van der Waals surface area contributed by atoms with Gasteiger partial charge in [-0.3, -0.25) is 29.1 Å². The summed E-state index contributed by atoms with van der Waals surface area (Å²) in [6, 6.07) is 12.1. The Morgan fingerprint density at radius 3 is 2.76 bits per heavy atom. The molecule has 0 radical (unpaired) electrons. The first-order valence-electron chi connectivity index (χ1n) is 8.54. The summed E-state index contributed by atoms with van der Waals surface area (Å²) in [6.07, 6.45) is 0.0608. The summed E-state index contributed by atoms with van der Waals surface area (Å²) >= 11 is 0. The summed E-state index contributed by atoms with van der Waals surface area (Å²) in [5.74, 6) is -1.46. The van der Waals surface area contributed by atoms with E-state index in [0.29, 0.717) is 10.9 Å². The third kappa shape index (κ3) is 4.61. The predicted octanol–water partition coefficient (Wildman–Crippen LogP) is 1.88. The first-order valence-corrected chi connectivity index (χ1v) is 8.54. The van der Waals surface area contributed by atoms with Gasteiger partial charge in [0, 0.05) is 17.8 Å². The number of carbonyl (C=O) groups excluding carboxylic acids is 2. The zero-order valence-electron chi connectivity index (χ0n) is 15.3. The largest absolute Gasteiger partial charge is 0.451 e. The van der Waals surface area contributed by atoms with Gasteiger partial charge < -0.3 is 10.1 Å². The Labute approximate surface area is 163 Å². The van der Waals surface area contributed by atoms with Gasteiger partial charge in [0.1, 0.15) is 6.54 Å². The number of rotatable bonds is 6. The lowest BCUT2D eigenvalue weighted by Gasteiger charge is -2.14. The fourth-order valence-electron chi connectivity index (χ4n) is 2.59. The van der Waals surface area contributed by atoms with Crippen molar-refractivity contribution in [1.82, 2.24) is 9.55 Å². The molecule has 0 aliphatic rings. The van der Waals surface area contributed by atoms with E-state index < -0.39 is 35.0 Å². The summed E-state index contributed by atoms with van der Waals surface area (Å²) in [5, 5.41) is 13.6. The molecule has 2 aromatic carbocycles. The molecule has 0 aliphatic carbocycles. The highest BCUT2D eigenvalue weighted by atomic mass is 16.6. The summed E-state index contributed by atoms with van der Waals surface area (Å²) < 4.78 is 6.15. The van der Waals surface area contributed by atoms with Crippen molar-refractivity contribution in [1.29, 1.82) is 0 Å². The second-order valence-electron chi connectivity index (χ2n) is 6.12. The molecule has 10 heteroatoms. The van der Waals surface area contributed by atoms with Crippen molar-refractivity contribution in [2.24, 2.45) is 0 Å². The normalized spacial score (nSPS) is 11.6. The van der Waals surface area contributed by atoms with Gasteiger partial charge >= 0.3 is 5.97 Å². The van der Waals surface area contributed by atoms with Gasteiger partial charge in [0.05, 0.1) is 22.2 Å². The van der Waals surface area contributed by atoms with Gasteiger partial charge in [-0.25, -0.2) is 4.98 Å². The molecule has 1 amide bonds. The van der Waals surface area contributed by atoms with E-state index in [1.165, 1.54) is 37.5 Å². The molecule has 10 nitrogen and oxygen atoms in total. The lowest BCUT2D eigenvalue weighted by atomic mass is 10.2. The third-order valence-corrected chi connectivity index (χ3v) is 4.03. The smallest absolute Gasteiger partial charge is 0.326 e. The van der Waals surface area contributed by atoms with Crippen LogP contribution in [-0.4, -0.2) is 32.5 Å². The van der Waals surface area contributed by atoms with Crippen LogP contribution in [0.25, 0.3) is 10.9 Å². The van der Waals surface area contributed by atoms with Crippen molar-refractivity contribution in [3.63, 3.8) is 0 Å². The van der Waals surface area contributed by atoms with Gasteiger partial charge in [0.25, 0.3) is 17.2 Å². The number of ether oxygens (including phenoxy) is 1. The maximum atomic E-state index is 12.4. The maximum absolute atomic E-state index is 12.4. The van der Waals surface area contributed by atoms with Gasteiger partial charge in [0.15, 0.2) is 6.10 Å². The van der Waals surface area contributed by atoms with Gasteiger partial charge in [-0.05, 0) is 25.1 Å². The number of aromatic nitrogens is 2. The Balaban J connectivity index is 1.64. The molecule has 0 fully saturated rings. The molecule has 1 heterocycles.